The smallest absolute Gasteiger partial charge is 0.212 e. The highest BCUT2D eigenvalue weighted by molar-refractivity contribution is 7.89. The number of sulfonamides is 1. The van der Waals surface area contributed by atoms with E-state index in [-0.39, 0.29) is 17.0 Å². The third-order valence-electron chi connectivity index (χ3n) is 2.77. The predicted octanol–water partition coefficient (Wildman–Crippen LogP) is 1.92. The largest absolute Gasteiger partial charge is 0.214 e. The van der Waals surface area contributed by atoms with Gasteiger partial charge in [0, 0.05) is 18.5 Å². The lowest BCUT2D eigenvalue weighted by Crippen LogP contribution is -2.45. The van der Waals surface area contributed by atoms with E-state index in [2.05, 4.69) is 6.92 Å². The molecular weight excluding hydrogens is 234 g/mol. The maximum absolute atomic E-state index is 11.9. The van der Waals surface area contributed by atoms with Gasteiger partial charge in [0.2, 0.25) is 10.0 Å². The number of halogens is 1. The number of hydrogen-bond donors (Lipinski definition) is 0. The molecule has 0 N–H and O–H groups in total. The lowest BCUT2D eigenvalue weighted by molar-refractivity contribution is 0.292. The molecule has 0 amide bonds. The quantitative estimate of drug-likeness (QED) is 0.721. The fourth-order valence-corrected chi connectivity index (χ4v) is 3.97. The zero-order chi connectivity index (χ0) is 11.6. The standard InChI is InChI=1S/C10H20ClNO2S/c1-8(2)7-15(13,14)12-5-4-9(3)10(11)6-12/h8-10H,4-7H2,1-3H3. The van der Waals surface area contributed by atoms with Crippen LogP contribution >= 0.6 is 11.6 Å². The fourth-order valence-electron chi connectivity index (χ4n) is 1.77. The predicted molar refractivity (Wildman–Crippen MR) is 63.6 cm³/mol. The summed E-state index contributed by atoms with van der Waals surface area (Å²) in [6, 6.07) is 0. The van der Waals surface area contributed by atoms with Crippen molar-refractivity contribution in [1.29, 1.82) is 0 Å². The normalized spacial score (nSPS) is 29.7. The monoisotopic (exact) mass is 253 g/mol. The minimum absolute atomic E-state index is 0.0410. The molecule has 1 fully saturated rings. The first-order valence-electron chi connectivity index (χ1n) is 5.45. The molecule has 0 radical (unpaired) electrons. The van der Waals surface area contributed by atoms with Crippen LogP contribution in [0.15, 0.2) is 0 Å². The summed E-state index contributed by atoms with van der Waals surface area (Å²) in [5, 5.41) is -0.0410. The van der Waals surface area contributed by atoms with Gasteiger partial charge in [0.15, 0.2) is 0 Å². The molecule has 2 unspecified atom stereocenters. The summed E-state index contributed by atoms with van der Waals surface area (Å²) < 4.78 is 25.4. The molecule has 1 saturated heterocycles. The molecule has 0 saturated carbocycles. The summed E-state index contributed by atoms with van der Waals surface area (Å²) in [7, 11) is -3.09. The van der Waals surface area contributed by atoms with Gasteiger partial charge in [-0.15, -0.1) is 11.6 Å². The highest BCUT2D eigenvalue weighted by atomic mass is 35.5. The van der Waals surface area contributed by atoms with Crippen LogP contribution in [0.25, 0.3) is 0 Å². The Hall–Kier alpha value is 0.200. The van der Waals surface area contributed by atoms with Crippen molar-refractivity contribution in [2.24, 2.45) is 11.8 Å². The van der Waals surface area contributed by atoms with Crippen LogP contribution in [0, 0.1) is 11.8 Å². The van der Waals surface area contributed by atoms with E-state index in [0.717, 1.165) is 6.42 Å². The summed E-state index contributed by atoms with van der Waals surface area (Å²) in [5.74, 6) is 0.811. The first-order chi connectivity index (χ1) is 6.83. The Bertz CT molecular complexity index is 303. The average Bonchev–Trinajstić information content (AvgIpc) is 2.07. The lowest BCUT2D eigenvalue weighted by atomic mass is 10.0. The maximum atomic E-state index is 11.9. The van der Waals surface area contributed by atoms with Gasteiger partial charge in [0.05, 0.1) is 5.75 Å². The summed E-state index contributed by atoms with van der Waals surface area (Å²) in [4.78, 5) is 0. The molecule has 1 heterocycles. The molecule has 2 atom stereocenters. The van der Waals surface area contributed by atoms with E-state index in [1.54, 1.807) is 4.31 Å². The minimum atomic E-state index is -3.09. The van der Waals surface area contributed by atoms with Gasteiger partial charge in [0.25, 0.3) is 0 Å². The summed E-state index contributed by atoms with van der Waals surface area (Å²) in [6.07, 6.45) is 0.867. The zero-order valence-electron chi connectivity index (χ0n) is 9.61. The van der Waals surface area contributed by atoms with Gasteiger partial charge < -0.3 is 0 Å². The molecule has 1 rings (SSSR count). The van der Waals surface area contributed by atoms with Crippen LogP contribution in [0.3, 0.4) is 0 Å². The average molecular weight is 254 g/mol. The van der Waals surface area contributed by atoms with E-state index >= 15 is 0 Å². The minimum Gasteiger partial charge on any atom is -0.212 e. The number of rotatable bonds is 3. The van der Waals surface area contributed by atoms with Crippen molar-refractivity contribution in [3.63, 3.8) is 0 Å². The topological polar surface area (TPSA) is 37.4 Å². The van der Waals surface area contributed by atoms with Crippen molar-refractivity contribution in [2.45, 2.75) is 32.6 Å². The zero-order valence-corrected chi connectivity index (χ0v) is 11.2. The van der Waals surface area contributed by atoms with Crippen molar-refractivity contribution < 1.29 is 8.42 Å². The molecule has 0 aromatic heterocycles. The van der Waals surface area contributed by atoms with Gasteiger partial charge in [-0.2, -0.15) is 0 Å². The van der Waals surface area contributed by atoms with Crippen LogP contribution in [0.5, 0.6) is 0 Å². The van der Waals surface area contributed by atoms with E-state index in [9.17, 15) is 8.42 Å². The Kier molecular flexibility index (Phi) is 4.44. The van der Waals surface area contributed by atoms with Crippen molar-refractivity contribution >= 4 is 21.6 Å². The lowest BCUT2D eigenvalue weighted by Gasteiger charge is -2.33. The van der Waals surface area contributed by atoms with Crippen LogP contribution < -0.4 is 0 Å². The number of piperidine rings is 1. The molecule has 1 aliphatic heterocycles. The second-order valence-corrected chi connectivity index (χ2v) is 7.39. The molecule has 1 aliphatic rings. The van der Waals surface area contributed by atoms with Gasteiger partial charge in [-0.1, -0.05) is 20.8 Å². The Morgan fingerprint density at radius 3 is 2.53 bits per heavy atom. The van der Waals surface area contributed by atoms with E-state index in [1.165, 1.54) is 0 Å². The summed E-state index contributed by atoms with van der Waals surface area (Å²) in [5.41, 5.74) is 0. The first kappa shape index (κ1) is 13.3. The van der Waals surface area contributed by atoms with Crippen LogP contribution in [0.4, 0.5) is 0 Å². The van der Waals surface area contributed by atoms with Crippen molar-refractivity contribution in [3.05, 3.63) is 0 Å². The van der Waals surface area contributed by atoms with E-state index < -0.39 is 10.0 Å². The van der Waals surface area contributed by atoms with E-state index in [4.69, 9.17) is 11.6 Å². The van der Waals surface area contributed by atoms with Crippen molar-refractivity contribution in [2.75, 3.05) is 18.8 Å². The Balaban J connectivity index is 2.65. The van der Waals surface area contributed by atoms with Crippen LogP contribution in [-0.2, 0) is 10.0 Å². The van der Waals surface area contributed by atoms with Crippen molar-refractivity contribution in [3.8, 4) is 0 Å². The van der Waals surface area contributed by atoms with E-state index in [1.807, 2.05) is 13.8 Å². The Morgan fingerprint density at radius 1 is 1.47 bits per heavy atom. The maximum Gasteiger partial charge on any atom is 0.214 e. The first-order valence-corrected chi connectivity index (χ1v) is 7.49. The molecule has 0 spiro atoms. The second kappa shape index (κ2) is 5.02. The van der Waals surface area contributed by atoms with Gasteiger partial charge in [-0.25, -0.2) is 12.7 Å². The Morgan fingerprint density at radius 2 is 2.07 bits per heavy atom. The Labute approximate surface area is 97.8 Å². The molecule has 0 aromatic rings. The third-order valence-corrected chi connectivity index (χ3v) is 5.54. The molecule has 3 nitrogen and oxygen atoms in total. The molecule has 0 aromatic carbocycles. The highest BCUT2D eigenvalue weighted by Gasteiger charge is 2.31. The van der Waals surface area contributed by atoms with Gasteiger partial charge in [0.1, 0.15) is 0 Å². The van der Waals surface area contributed by atoms with Crippen LogP contribution in [-0.4, -0.2) is 36.9 Å². The number of hydrogen-bond acceptors (Lipinski definition) is 2. The number of alkyl halides is 1. The SMILES string of the molecule is CC(C)CS(=O)(=O)N1CCC(C)C(Cl)C1. The highest BCUT2D eigenvalue weighted by Crippen LogP contribution is 2.24. The molecule has 15 heavy (non-hydrogen) atoms. The van der Waals surface area contributed by atoms with Gasteiger partial charge in [-0.05, 0) is 18.3 Å². The van der Waals surface area contributed by atoms with Gasteiger partial charge in [-0.3, -0.25) is 0 Å². The second-order valence-electron chi connectivity index (χ2n) is 4.81. The fraction of sp³-hybridized carbons (Fsp3) is 1.00. The van der Waals surface area contributed by atoms with Crippen LogP contribution in [0.2, 0.25) is 0 Å². The van der Waals surface area contributed by atoms with E-state index in [0.29, 0.717) is 19.0 Å². The third kappa shape index (κ3) is 3.61. The molecule has 0 bridgehead atoms. The molecular formula is C10H20ClNO2S. The molecule has 0 aliphatic carbocycles. The van der Waals surface area contributed by atoms with Crippen LogP contribution in [0.1, 0.15) is 27.2 Å². The number of nitrogens with zero attached hydrogens (tertiary/aromatic N) is 1. The van der Waals surface area contributed by atoms with Gasteiger partial charge >= 0.3 is 0 Å². The van der Waals surface area contributed by atoms with Crippen molar-refractivity contribution in [1.82, 2.24) is 4.31 Å². The molecule has 5 heteroatoms. The summed E-state index contributed by atoms with van der Waals surface area (Å²) in [6.45, 7) is 7.01. The molecule has 90 valence electrons. The summed E-state index contributed by atoms with van der Waals surface area (Å²) >= 11 is 6.10.